The van der Waals surface area contributed by atoms with E-state index < -0.39 is 0 Å². The first kappa shape index (κ1) is 27.1. The van der Waals surface area contributed by atoms with Gasteiger partial charge in [-0.15, -0.1) is 0 Å². The lowest BCUT2D eigenvalue weighted by atomic mass is 9.97. The summed E-state index contributed by atoms with van der Waals surface area (Å²) in [4.78, 5) is 9.49. The van der Waals surface area contributed by atoms with Crippen molar-refractivity contribution in [3.8, 4) is 0 Å². The summed E-state index contributed by atoms with van der Waals surface area (Å²) in [6.45, 7) is 11.2. The normalized spacial score (nSPS) is 19.7. The molecule has 0 radical (unpaired) electrons. The lowest BCUT2D eigenvalue weighted by molar-refractivity contribution is 0.0298. The molecule has 6 heteroatoms. The van der Waals surface area contributed by atoms with Crippen LogP contribution in [0.5, 0.6) is 0 Å². The van der Waals surface area contributed by atoms with E-state index in [4.69, 9.17) is 17.2 Å². The predicted molar refractivity (Wildman–Crippen MR) is 157 cm³/mol. The van der Waals surface area contributed by atoms with Crippen molar-refractivity contribution in [2.75, 3.05) is 32.7 Å². The molecule has 198 valence electrons. The number of hydrogen-bond donors (Lipinski definition) is 3. The lowest BCUT2D eigenvalue weighted by Gasteiger charge is -2.46. The Bertz CT molecular complexity index is 1200. The van der Waals surface area contributed by atoms with E-state index in [1.165, 1.54) is 33.0 Å². The van der Waals surface area contributed by atoms with Gasteiger partial charge >= 0.3 is 0 Å². The molecule has 6 N–H and O–H groups in total. The molecule has 3 aromatic carbocycles. The Kier molecular flexibility index (Phi) is 9.19. The van der Waals surface area contributed by atoms with Crippen LogP contribution in [0.4, 0.5) is 0 Å². The number of rotatable bonds is 10. The van der Waals surface area contributed by atoms with Gasteiger partial charge in [-0.2, -0.15) is 0 Å². The van der Waals surface area contributed by atoms with Gasteiger partial charge in [-0.05, 0) is 67.5 Å². The number of guanidine groups is 1. The Morgan fingerprint density at radius 3 is 2.51 bits per heavy atom. The standard InChI is InChI=1S/C31H44N6/c1-22-8-10-27(23(2)16-22)18-29(32)20-37-19-24(3)36(21-30(37)12-14-35-31(33)34)15-13-25-9-11-26-6-4-5-7-28(26)17-25/h4-11,16-17,24,29-30H,12-15,18-21,32H2,1-3H3,(H4,33,34,35)/t24-,29-,30+/m1/s1. The Hall–Kier alpha value is -2.93. The van der Waals surface area contributed by atoms with Gasteiger partial charge < -0.3 is 17.2 Å². The number of hydrogen-bond acceptors (Lipinski definition) is 4. The summed E-state index contributed by atoms with van der Waals surface area (Å²) in [6.07, 6.45) is 2.86. The van der Waals surface area contributed by atoms with Gasteiger partial charge in [-0.25, -0.2) is 0 Å². The van der Waals surface area contributed by atoms with Gasteiger partial charge in [0.1, 0.15) is 0 Å². The molecule has 3 aromatic rings. The molecule has 37 heavy (non-hydrogen) atoms. The largest absolute Gasteiger partial charge is 0.370 e. The number of benzene rings is 3. The summed E-state index contributed by atoms with van der Waals surface area (Å²) in [5, 5.41) is 2.61. The first-order chi connectivity index (χ1) is 17.8. The molecule has 0 aliphatic carbocycles. The van der Waals surface area contributed by atoms with Crippen molar-refractivity contribution < 1.29 is 0 Å². The summed E-state index contributed by atoms with van der Waals surface area (Å²) in [5.74, 6) is 0.162. The van der Waals surface area contributed by atoms with Crippen LogP contribution >= 0.6 is 0 Å². The van der Waals surface area contributed by atoms with Gasteiger partial charge in [0.2, 0.25) is 0 Å². The van der Waals surface area contributed by atoms with Crippen LogP contribution in [0.15, 0.2) is 65.7 Å². The fourth-order valence-corrected chi connectivity index (χ4v) is 5.71. The van der Waals surface area contributed by atoms with E-state index in [0.29, 0.717) is 18.6 Å². The van der Waals surface area contributed by atoms with Crippen LogP contribution in [0.2, 0.25) is 0 Å². The SMILES string of the molecule is Cc1ccc(C[C@@H](N)CN2C[C@@H](C)N(CCc3ccc4ccccc4c3)C[C@@H]2CCN=C(N)N)c(C)c1. The minimum atomic E-state index is 0.0864. The summed E-state index contributed by atoms with van der Waals surface area (Å²) < 4.78 is 0. The van der Waals surface area contributed by atoms with E-state index >= 15 is 0 Å². The van der Waals surface area contributed by atoms with Gasteiger partial charge in [0.15, 0.2) is 5.96 Å². The number of aryl methyl sites for hydroxylation is 2. The molecular weight excluding hydrogens is 456 g/mol. The van der Waals surface area contributed by atoms with E-state index in [1.807, 2.05) is 0 Å². The van der Waals surface area contributed by atoms with Crippen molar-refractivity contribution in [1.82, 2.24) is 9.80 Å². The molecule has 0 saturated carbocycles. The molecule has 0 spiro atoms. The highest BCUT2D eigenvalue weighted by Crippen LogP contribution is 2.21. The molecule has 0 aromatic heterocycles. The zero-order chi connectivity index (χ0) is 26.4. The third-order valence-electron chi connectivity index (χ3n) is 7.79. The molecular formula is C31H44N6. The third kappa shape index (κ3) is 7.54. The van der Waals surface area contributed by atoms with Crippen LogP contribution in [0.3, 0.4) is 0 Å². The summed E-state index contributed by atoms with van der Waals surface area (Å²) >= 11 is 0. The van der Waals surface area contributed by atoms with Crippen molar-refractivity contribution in [2.45, 2.75) is 58.2 Å². The molecule has 1 heterocycles. The maximum atomic E-state index is 6.72. The van der Waals surface area contributed by atoms with Crippen molar-refractivity contribution in [2.24, 2.45) is 22.2 Å². The number of fused-ring (bicyclic) bond motifs is 1. The lowest BCUT2D eigenvalue weighted by Crippen LogP contribution is -2.60. The molecule has 1 fully saturated rings. The second-order valence-electron chi connectivity index (χ2n) is 10.9. The Labute approximate surface area is 222 Å². The maximum absolute atomic E-state index is 6.72. The quantitative estimate of drug-likeness (QED) is 0.292. The van der Waals surface area contributed by atoms with E-state index in [-0.39, 0.29) is 12.0 Å². The van der Waals surface area contributed by atoms with E-state index in [0.717, 1.165) is 45.4 Å². The smallest absolute Gasteiger partial charge is 0.185 e. The Morgan fingerprint density at radius 2 is 1.76 bits per heavy atom. The first-order valence-corrected chi connectivity index (χ1v) is 13.6. The van der Waals surface area contributed by atoms with Gasteiger partial charge in [0, 0.05) is 50.8 Å². The van der Waals surface area contributed by atoms with E-state index in [1.54, 1.807) is 0 Å². The summed E-state index contributed by atoms with van der Waals surface area (Å²) in [6, 6.07) is 23.0. The highest BCUT2D eigenvalue weighted by Gasteiger charge is 2.32. The molecule has 0 bridgehead atoms. The second kappa shape index (κ2) is 12.5. The van der Waals surface area contributed by atoms with Crippen LogP contribution < -0.4 is 17.2 Å². The molecule has 0 unspecified atom stereocenters. The van der Waals surface area contributed by atoms with Gasteiger partial charge in [0.25, 0.3) is 0 Å². The second-order valence-corrected chi connectivity index (χ2v) is 10.9. The first-order valence-electron chi connectivity index (χ1n) is 13.6. The van der Waals surface area contributed by atoms with Crippen LogP contribution in [0, 0.1) is 13.8 Å². The fraction of sp³-hybridized carbons (Fsp3) is 0.452. The predicted octanol–water partition coefficient (Wildman–Crippen LogP) is 3.61. The molecule has 0 amide bonds. The maximum Gasteiger partial charge on any atom is 0.185 e. The van der Waals surface area contributed by atoms with Gasteiger partial charge in [0.05, 0.1) is 0 Å². The fourth-order valence-electron chi connectivity index (χ4n) is 5.71. The number of nitrogens with two attached hydrogens (primary N) is 3. The molecule has 1 aliphatic rings. The molecule has 4 rings (SSSR count). The van der Waals surface area contributed by atoms with Crippen molar-refractivity contribution >= 4 is 16.7 Å². The van der Waals surface area contributed by atoms with Gasteiger partial charge in [-0.3, -0.25) is 14.8 Å². The highest BCUT2D eigenvalue weighted by molar-refractivity contribution is 5.83. The van der Waals surface area contributed by atoms with E-state index in [9.17, 15) is 0 Å². The summed E-state index contributed by atoms with van der Waals surface area (Å²) in [5.41, 5.74) is 23.3. The monoisotopic (exact) mass is 500 g/mol. The van der Waals surface area contributed by atoms with Crippen LogP contribution in [-0.4, -0.2) is 66.6 Å². The molecule has 6 nitrogen and oxygen atoms in total. The Balaban J connectivity index is 1.40. The third-order valence-corrected chi connectivity index (χ3v) is 7.79. The zero-order valence-corrected chi connectivity index (χ0v) is 22.7. The average molecular weight is 501 g/mol. The topological polar surface area (TPSA) is 96.9 Å². The zero-order valence-electron chi connectivity index (χ0n) is 22.7. The van der Waals surface area contributed by atoms with Crippen molar-refractivity contribution in [3.05, 3.63) is 82.9 Å². The van der Waals surface area contributed by atoms with Crippen LogP contribution in [0.25, 0.3) is 10.8 Å². The Morgan fingerprint density at radius 1 is 0.973 bits per heavy atom. The molecule has 3 atom stereocenters. The van der Waals surface area contributed by atoms with Crippen LogP contribution in [0.1, 0.15) is 35.6 Å². The van der Waals surface area contributed by atoms with Gasteiger partial charge in [-0.1, -0.05) is 66.2 Å². The number of piperazine rings is 1. The molecule has 1 aliphatic heterocycles. The molecule has 1 saturated heterocycles. The van der Waals surface area contributed by atoms with E-state index in [2.05, 4.69) is 96.2 Å². The van der Waals surface area contributed by atoms with Crippen molar-refractivity contribution in [3.63, 3.8) is 0 Å². The minimum Gasteiger partial charge on any atom is -0.370 e. The highest BCUT2D eigenvalue weighted by atomic mass is 15.3. The van der Waals surface area contributed by atoms with Crippen molar-refractivity contribution in [1.29, 1.82) is 0 Å². The number of aliphatic imine (C=N–C) groups is 1. The number of nitrogens with zero attached hydrogens (tertiary/aromatic N) is 3. The summed E-state index contributed by atoms with van der Waals surface area (Å²) in [7, 11) is 0. The minimum absolute atomic E-state index is 0.0864. The van der Waals surface area contributed by atoms with Crippen LogP contribution in [-0.2, 0) is 12.8 Å². The average Bonchev–Trinajstić information content (AvgIpc) is 2.86.